The van der Waals surface area contributed by atoms with E-state index < -0.39 is 16.6 Å². The minimum Gasteiger partial charge on any atom is -0.352 e. The Morgan fingerprint density at radius 1 is 1.60 bits per heavy atom. The lowest BCUT2D eigenvalue weighted by atomic mass is 10.4. The van der Waals surface area contributed by atoms with E-state index in [1.807, 2.05) is 0 Å². The Bertz CT molecular complexity index is 153. The van der Waals surface area contributed by atoms with Gasteiger partial charge in [-0.25, -0.2) is 4.79 Å². The minimum atomic E-state index is -2.35. The average Bonchev–Trinajstić information content (AvgIpc) is 1.57. The summed E-state index contributed by atoms with van der Waals surface area (Å²) < 4.78 is 17.7. The number of amides is 2. The van der Waals surface area contributed by atoms with Crippen LogP contribution in [-0.4, -0.2) is 32.7 Å². The number of nitrogens with one attached hydrogen (secondary N) is 1. The SMILES string of the molecule is NC(=O)NC1CS(O)(O)C1. The van der Waals surface area contributed by atoms with Crippen LogP contribution in [0.4, 0.5) is 4.79 Å². The van der Waals surface area contributed by atoms with Gasteiger partial charge < -0.3 is 11.1 Å². The lowest BCUT2D eigenvalue weighted by molar-refractivity contribution is 0.246. The number of nitrogens with two attached hydrogens (primary N) is 1. The van der Waals surface area contributed by atoms with Gasteiger partial charge >= 0.3 is 6.03 Å². The first-order valence-corrected chi connectivity index (χ1v) is 4.68. The zero-order valence-electron chi connectivity index (χ0n) is 5.28. The van der Waals surface area contributed by atoms with Gasteiger partial charge in [0.2, 0.25) is 0 Å². The highest BCUT2D eigenvalue weighted by Crippen LogP contribution is 2.48. The standard InChI is InChI=1S/C4H10N2O3S/c5-4(7)6-3-1-10(8,9)2-3/h3,8-9H,1-2H2,(H3,5,6,7). The number of rotatable bonds is 1. The summed E-state index contributed by atoms with van der Waals surface area (Å²) in [6.07, 6.45) is 0. The molecule has 0 aliphatic carbocycles. The van der Waals surface area contributed by atoms with Gasteiger partial charge in [-0.15, -0.1) is 0 Å². The van der Waals surface area contributed by atoms with Crippen molar-refractivity contribution in [2.75, 3.05) is 11.5 Å². The summed E-state index contributed by atoms with van der Waals surface area (Å²) in [5, 5.41) is 2.37. The largest absolute Gasteiger partial charge is 0.352 e. The summed E-state index contributed by atoms with van der Waals surface area (Å²) in [6.45, 7) is 0. The highest BCUT2D eigenvalue weighted by atomic mass is 32.3. The van der Waals surface area contributed by atoms with E-state index in [1.54, 1.807) is 0 Å². The molecule has 6 heteroatoms. The molecule has 1 aliphatic heterocycles. The Balaban J connectivity index is 2.21. The molecule has 5 N–H and O–H groups in total. The van der Waals surface area contributed by atoms with Crippen LogP contribution in [0.2, 0.25) is 0 Å². The van der Waals surface area contributed by atoms with Gasteiger partial charge in [0.05, 0.1) is 17.5 Å². The lowest BCUT2D eigenvalue weighted by Gasteiger charge is -2.46. The van der Waals surface area contributed by atoms with Gasteiger partial charge in [-0.1, -0.05) is 0 Å². The second kappa shape index (κ2) is 2.30. The number of primary amides is 1. The third-order valence-corrected chi connectivity index (χ3v) is 3.16. The number of hydrogen-bond acceptors (Lipinski definition) is 3. The Kier molecular flexibility index (Phi) is 1.76. The maximum absolute atomic E-state index is 10.2. The Hall–Kier alpha value is -0.460. The smallest absolute Gasteiger partial charge is 0.312 e. The molecule has 1 rings (SSSR count). The molecule has 0 atom stereocenters. The molecular weight excluding hydrogens is 156 g/mol. The molecule has 5 nitrogen and oxygen atoms in total. The van der Waals surface area contributed by atoms with E-state index in [2.05, 4.69) is 5.32 Å². The van der Waals surface area contributed by atoms with Gasteiger partial charge in [0.25, 0.3) is 0 Å². The van der Waals surface area contributed by atoms with Gasteiger partial charge in [-0.3, -0.25) is 9.11 Å². The molecule has 60 valence electrons. The van der Waals surface area contributed by atoms with Crippen molar-refractivity contribution in [2.45, 2.75) is 6.04 Å². The van der Waals surface area contributed by atoms with Gasteiger partial charge in [0.1, 0.15) is 0 Å². The van der Waals surface area contributed by atoms with E-state index in [1.165, 1.54) is 0 Å². The monoisotopic (exact) mass is 166 g/mol. The Labute approximate surface area is 59.9 Å². The van der Waals surface area contributed by atoms with E-state index in [4.69, 9.17) is 14.8 Å². The summed E-state index contributed by atoms with van der Waals surface area (Å²) in [5.41, 5.74) is 4.79. The van der Waals surface area contributed by atoms with E-state index >= 15 is 0 Å². The molecule has 0 spiro atoms. The molecule has 2 amide bonds. The predicted molar refractivity (Wildman–Crippen MR) is 39.1 cm³/mol. The lowest BCUT2D eigenvalue weighted by Crippen LogP contribution is -2.51. The highest BCUT2D eigenvalue weighted by Gasteiger charge is 2.33. The second-order valence-electron chi connectivity index (χ2n) is 2.34. The molecule has 0 radical (unpaired) electrons. The first kappa shape index (κ1) is 7.64. The van der Waals surface area contributed by atoms with Crippen LogP contribution in [0.25, 0.3) is 0 Å². The van der Waals surface area contributed by atoms with Crippen molar-refractivity contribution in [1.29, 1.82) is 0 Å². The maximum Gasteiger partial charge on any atom is 0.312 e. The van der Waals surface area contributed by atoms with E-state index in [-0.39, 0.29) is 17.5 Å². The first-order chi connectivity index (χ1) is 4.49. The number of carbonyl (C=O) groups is 1. The minimum absolute atomic E-state index is 0.137. The molecule has 10 heavy (non-hydrogen) atoms. The average molecular weight is 166 g/mol. The summed E-state index contributed by atoms with van der Waals surface area (Å²) >= 11 is 0. The number of hydrogen-bond donors (Lipinski definition) is 4. The molecule has 1 saturated heterocycles. The normalized spacial score (nSPS) is 26.6. The van der Waals surface area contributed by atoms with Crippen LogP contribution in [0, 0.1) is 0 Å². The topological polar surface area (TPSA) is 95.6 Å². The van der Waals surface area contributed by atoms with E-state index in [9.17, 15) is 4.79 Å². The third-order valence-electron chi connectivity index (χ3n) is 1.28. The van der Waals surface area contributed by atoms with E-state index in [0.717, 1.165) is 0 Å². The molecule has 0 saturated carbocycles. The van der Waals surface area contributed by atoms with Crippen LogP contribution < -0.4 is 11.1 Å². The van der Waals surface area contributed by atoms with Crippen LogP contribution in [0.1, 0.15) is 0 Å². The molecule has 0 aromatic carbocycles. The number of urea groups is 1. The van der Waals surface area contributed by atoms with Gasteiger partial charge in [-0.2, -0.15) is 10.6 Å². The van der Waals surface area contributed by atoms with Crippen LogP contribution in [0.15, 0.2) is 0 Å². The molecule has 1 aliphatic rings. The molecule has 1 fully saturated rings. The highest BCUT2D eigenvalue weighted by molar-refractivity contribution is 8.25. The van der Waals surface area contributed by atoms with Crippen LogP contribution in [0.3, 0.4) is 0 Å². The summed E-state index contributed by atoms with van der Waals surface area (Å²) in [6, 6.07) is -0.748. The van der Waals surface area contributed by atoms with Gasteiger partial charge in [-0.05, 0) is 0 Å². The van der Waals surface area contributed by atoms with Crippen molar-refractivity contribution in [3.05, 3.63) is 0 Å². The van der Waals surface area contributed by atoms with Crippen molar-refractivity contribution in [1.82, 2.24) is 5.32 Å². The van der Waals surface area contributed by atoms with Crippen molar-refractivity contribution in [3.8, 4) is 0 Å². The summed E-state index contributed by atoms with van der Waals surface area (Å²) in [5.74, 6) is 0.492. The zero-order valence-corrected chi connectivity index (χ0v) is 6.10. The van der Waals surface area contributed by atoms with Crippen molar-refractivity contribution in [2.24, 2.45) is 5.73 Å². The fourth-order valence-corrected chi connectivity index (χ4v) is 2.24. The summed E-state index contributed by atoms with van der Waals surface area (Å²) in [7, 11) is -2.35. The fraction of sp³-hybridized carbons (Fsp3) is 0.750. The van der Waals surface area contributed by atoms with Crippen LogP contribution in [0.5, 0.6) is 0 Å². The molecule has 0 bridgehead atoms. The first-order valence-electron chi connectivity index (χ1n) is 2.79. The molecule has 0 aromatic rings. The van der Waals surface area contributed by atoms with Gasteiger partial charge in [0, 0.05) is 0 Å². The Morgan fingerprint density at radius 3 is 2.40 bits per heavy atom. The van der Waals surface area contributed by atoms with Crippen LogP contribution in [-0.2, 0) is 0 Å². The van der Waals surface area contributed by atoms with Crippen molar-refractivity contribution >= 4 is 16.6 Å². The van der Waals surface area contributed by atoms with Crippen molar-refractivity contribution < 1.29 is 13.9 Å². The molecular formula is C4H10N2O3S. The van der Waals surface area contributed by atoms with E-state index in [0.29, 0.717) is 0 Å². The van der Waals surface area contributed by atoms with Crippen LogP contribution >= 0.6 is 10.6 Å². The Morgan fingerprint density at radius 2 is 2.10 bits per heavy atom. The van der Waals surface area contributed by atoms with Gasteiger partial charge in [0.15, 0.2) is 0 Å². The predicted octanol–water partition coefficient (Wildman–Crippen LogP) is -0.212. The summed E-state index contributed by atoms with van der Waals surface area (Å²) in [4.78, 5) is 10.2. The fourth-order valence-electron chi connectivity index (χ4n) is 0.880. The zero-order chi connectivity index (χ0) is 7.78. The quantitative estimate of drug-likeness (QED) is 0.434. The maximum atomic E-state index is 10.2. The van der Waals surface area contributed by atoms with Crippen molar-refractivity contribution in [3.63, 3.8) is 0 Å². The molecule has 1 heterocycles. The molecule has 0 unspecified atom stereocenters. The second-order valence-corrected chi connectivity index (χ2v) is 4.61. The third kappa shape index (κ3) is 1.76. The molecule has 0 aromatic heterocycles. The number of carbonyl (C=O) groups excluding carboxylic acids is 1.